The topological polar surface area (TPSA) is 58.0 Å². The normalized spacial score (nSPS) is 14.4. The number of halogens is 1. The predicted molar refractivity (Wildman–Crippen MR) is 70.4 cm³/mol. The van der Waals surface area contributed by atoms with Gasteiger partial charge >= 0.3 is 0 Å². The molecule has 0 bridgehead atoms. The fraction of sp³-hybridized carbons (Fsp3) is 0.667. The molecule has 2 unspecified atom stereocenters. The summed E-state index contributed by atoms with van der Waals surface area (Å²) in [5.74, 6) is 1.48. The van der Waals surface area contributed by atoms with Gasteiger partial charge in [-0.3, -0.25) is 0 Å². The number of rotatable bonds is 6. The molecule has 0 aliphatic carbocycles. The summed E-state index contributed by atoms with van der Waals surface area (Å²) >= 11 is 5.93. The maximum atomic E-state index is 9.30. The van der Waals surface area contributed by atoms with Gasteiger partial charge < -0.3 is 10.4 Å². The summed E-state index contributed by atoms with van der Waals surface area (Å²) in [6, 6.07) is 1.86. The number of nitrogens with zero attached hydrogens (tertiary/aromatic N) is 2. The van der Waals surface area contributed by atoms with Crippen molar-refractivity contribution in [2.45, 2.75) is 52.2 Å². The summed E-state index contributed by atoms with van der Waals surface area (Å²) in [6.45, 7) is 5.85. The molecule has 0 spiro atoms. The van der Waals surface area contributed by atoms with Crippen molar-refractivity contribution in [3.8, 4) is 0 Å². The lowest BCUT2D eigenvalue weighted by Gasteiger charge is -2.16. The Labute approximate surface area is 107 Å². The number of anilines is 1. The maximum Gasteiger partial charge on any atom is 0.134 e. The van der Waals surface area contributed by atoms with Crippen LogP contribution < -0.4 is 5.32 Å². The first-order valence-corrected chi connectivity index (χ1v) is 6.37. The Morgan fingerprint density at radius 3 is 2.71 bits per heavy atom. The van der Waals surface area contributed by atoms with Gasteiger partial charge in [0.05, 0.1) is 6.10 Å². The van der Waals surface area contributed by atoms with E-state index in [0.29, 0.717) is 11.6 Å². The van der Waals surface area contributed by atoms with E-state index in [1.165, 1.54) is 0 Å². The molecule has 0 aliphatic rings. The van der Waals surface area contributed by atoms with Gasteiger partial charge in [-0.25, -0.2) is 9.97 Å². The average Bonchev–Trinajstić information content (AvgIpc) is 2.14. The molecule has 2 N–H and O–H groups in total. The number of nitrogens with one attached hydrogen (secondary N) is 1. The van der Waals surface area contributed by atoms with Gasteiger partial charge in [0.15, 0.2) is 0 Å². The summed E-state index contributed by atoms with van der Waals surface area (Å²) in [6.07, 6.45) is 2.15. The summed E-state index contributed by atoms with van der Waals surface area (Å²) in [7, 11) is 0. The molecule has 0 radical (unpaired) electrons. The van der Waals surface area contributed by atoms with Gasteiger partial charge in [-0.1, -0.05) is 18.5 Å². The lowest BCUT2D eigenvalue weighted by molar-refractivity contribution is 0.179. The number of hydrogen-bond acceptors (Lipinski definition) is 4. The second-order valence-corrected chi connectivity index (χ2v) is 4.76. The standard InChI is InChI=1S/C12H20ClN3O/c1-4-5-11-15-10(13)7-12(16-11)14-8(2)6-9(3)17/h7-9,17H,4-6H2,1-3H3,(H,14,15,16). The smallest absolute Gasteiger partial charge is 0.134 e. The zero-order valence-electron chi connectivity index (χ0n) is 10.6. The minimum atomic E-state index is -0.329. The third kappa shape index (κ3) is 5.33. The Balaban J connectivity index is 2.69. The monoisotopic (exact) mass is 257 g/mol. The molecule has 1 heterocycles. The summed E-state index contributed by atoms with van der Waals surface area (Å²) in [5, 5.41) is 13.0. The molecule has 5 heteroatoms. The maximum absolute atomic E-state index is 9.30. The molecule has 1 aromatic rings. The average molecular weight is 258 g/mol. The zero-order chi connectivity index (χ0) is 12.8. The van der Waals surface area contributed by atoms with Crippen molar-refractivity contribution in [3.05, 3.63) is 17.0 Å². The van der Waals surface area contributed by atoms with E-state index in [9.17, 15) is 5.11 Å². The van der Waals surface area contributed by atoms with Gasteiger partial charge in [-0.2, -0.15) is 0 Å². The van der Waals surface area contributed by atoms with Gasteiger partial charge in [0.25, 0.3) is 0 Å². The number of aromatic nitrogens is 2. The second-order valence-electron chi connectivity index (χ2n) is 4.37. The highest BCUT2D eigenvalue weighted by molar-refractivity contribution is 6.29. The SMILES string of the molecule is CCCc1nc(Cl)cc(NC(C)CC(C)O)n1. The first-order valence-electron chi connectivity index (χ1n) is 5.99. The van der Waals surface area contributed by atoms with Crippen LogP contribution in [0.15, 0.2) is 6.07 Å². The van der Waals surface area contributed by atoms with Crippen LogP contribution >= 0.6 is 11.6 Å². The highest BCUT2D eigenvalue weighted by Gasteiger charge is 2.08. The van der Waals surface area contributed by atoms with Crippen molar-refractivity contribution in [3.63, 3.8) is 0 Å². The summed E-state index contributed by atoms with van der Waals surface area (Å²) in [5.41, 5.74) is 0. The van der Waals surface area contributed by atoms with E-state index in [1.807, 2.05) is 6.92 Å². The quantitative estimate of drug-likeness (QED) is 0.770. The van der Waals surface area contributed by atoms with Crippen molar-refractivity contribution in [1.82, 2.24) is 9.97 Å². The summed E-state index contributed by atoms with van der Waals surface area (Å²) < 4.78 is 0. The molecule has 0 saturated carbocycles. The van der Waals surface area contributed by atoms with E-state index in [1.54, 1.807) is 13.0 Å². The van der Waals surface area contributed by atoms with E-state index in [0.717, 1.165) is 24.5 Å². The molecule has 0 saturated heterocycles. The van der Waals surface area contributed by atoms with E-state index in [-0.39, 0.29) is 12.1 Å². The van der Waals surface area contributed by atoms with Crippen LogP contribution in [0.25, 0.3) is 0 Å². The molecule has 2 atom stereocenters. The molecule has 1 aromatic heterocycles. The minimum Gasteiger partial charge on any atom is -0.393 e. The molecular formula is C12H20ClN3O. The van der Waals surface area contributed by atoms with E-state index < -0.39 is 0 Å². The van der Waals surface area contributed by atoms with Crippen LogP contribution in [0.1, 0.15) is 39.4 Å². The van der Waals surface area contributed by atoms with Crippen LogP contribution in [0.3, 0.4) is 0 Å². The predicted octanol–water partition coefficient (Wildman–Crippen LogP) is 2.65. The van der Waals surface area contributed by atoms with Crippen LogP contribution in [-0.2, 0) is 6.42 Å². The van der Waals surface area contributed by atoms with Gasteiger partial charge in [0.1, 0.15) is 16.8 Å². The highest BCUT2D eigenvalue weighted by Crippen LogP contribution is 2.14. The number of aryl methyl sites for hydroxylation is 1. The van der Waals surface area contributed by atoms with Crippen LogP contribution in [0.2, 0.25) is 5.15 Å². The van der Waals surface area contributed by atoms with Crippen molar-refractivity contribution in [1.29, 1.82) is 0 Å². The second kappa shape index (κ2) is 6.77. The molecule has 0 aliphatic heterocycles. The summed E-state index contributed by atoms with van der Waals surface area (Å²) in [4.78, 5) is 8.54. The fourth-order valence-corrected chi connectivity index (χ4v) is 1.90. The molecule has 1 rings (SSSR count). The number of aliphatic hydroxyl groups is 1. The van der Waals surface area contributed by atoms with E-state index >= 15 is 0 Å². The van der Waals surface area contributed by atoms with Crippen molar-refractivity contribution in [2.24, 2.45) is 0 Å². The molecule has 96 valence electrons. The van der Waals surface area contributed by atoms with Crippen molar-refractivity contribution < 1.29 is 5.11 Å². The molecule has 4 nitrogen and oxygen atoms in total. The molecule has 0 aromatic carbocycles. The first-order chi connectivity index (χ1) is 8.01. The number of aliphatic hydroxyl groups excluding tert-OH is 1. The number of hydrogen-bond donors (Lipinski definition) is 2. The van der Waals surface area contributed by atoms with Crippen molar-refractivity contribution in [2.75, 3.05) is 5.32 Å². The Morgan fingerprint density at radius 2 is 2.12 bits per heavy atom. The lowest BCUT2D eigenvalue weighted by Crippen LogP contribution is -2.21. The third-order valence-corrected chi connectivity index (χ3v) is 2.50. The van der Waals surface area contributed by atoms with Crippen LogP contribution in [0.5, 0.6) is 0 Å². The zero-order valence-corrected chi connectivity index (χ0v) is 11.3. The van der Waals surface area contributed by atoms with Gasteiger partial charge in [0, 0.05) is 18.5 Å². The van der Waals surface area contributed by atoms with Crippen LogP contribution in [0, 0.1) is 0 Å². The van der Waals surface area contributed by atoms with Crippen LogP contribution in [0.4, 0.5) is 5.82 Å². The Hall–Kier alpha value is -0.870. The van der Waals surface area contributed by atoms with E-state index in [4.69, 9.17) is 11.6 Å². The van der Waals surface area contributed by atoms with Gasteiger partial charge in [0.2, 0.25) is 0 Å². The molecular weight excluding hydrogens is 238 g/mol. The Bertz CT molecular complexity index is 358. The Kier molecular flexibility index (Phi) is 5.65. The van der Waals surface area contributed by atoms with Gasteiger partial charge in [-0.05, 0) is 26.7 Å². The van der Waals surface area contributed by atoms with Crippen LogP contribution in [-0.4, -0.2) is 27.2 Å². The molecule has 17 heavy (non-hydrogen) atoms. The van der Waals surface area contributed by atoms with Crippen molar-refractivity contribution >= 4 is 17.4 Å². The third-order valence-electron chi connectivity index (χ3n) is 2.30. The Morgan fingerprint density at radius 1 is 1.41 bits per heavy atom. The first kappa shape index (κ1) is 14.2. The van der Waals surface area contributed by atoms with E-state index in [2.05, 4.69) is 22.2 Å². The van der Waals surface area contributed by atoms with Gasteiger partial charge in [-0.15, -0.1) is 0 Å². The largest absolute Gasteiger partial charge is 0.393 e. The molecule has 0 fully saturated rings. The fourth-order valence-electron chi connectivity index (χ4n) is 1.70. The molecule has 0 amide bonds. The lowest BCUT2D eigenvalue weighted by atomic mass is 10.1. The highest BCUT2D eigenvalue weighted by atomic mass is 35.5. The minimum absolute atomic E-state index is 0.149.